The molecule has 0 unspecified atom stereocenters. The molecule has 0 saturated carbocycles. The van der Waals surface area contributed by atoms with E-state index in [4.69, 9.17) is 9.47 Å². The Balaban J connectivity index is 1.30. The molecule has 0 fully saturated rings. The Morgan fingerprint density at radius 3 is 2.59 bits per heavy atom. The zero-order chi connectivity index (χ0) is 27.2. The number of thiazole rings is 2. The highest BCUT2D eigenvalue weighted by molar-refractivity contribution is 7.22. The number of ether oxygens (including phenoxy) is 2. The van der Waals surface area contributed by atoms with E-state index in [1.807, 2.05) is 79.5 Å². The average Bonchev–Trinajstić information content (AvgIpc) is 3.56. The zero-order valence-electron chi connectivity index (χ0n) is 21.9. The number of benzene rings is 2. The number of para-hydroxylation sites is 2. The number of carbonyl (C=O) groups is 1. The molecule has 0 aliphatic heterocycles. The maximum atomic E-state index is 12.7. The van der Waals surface area contributed by atoms with Crippen LogP contribution in [0.1, 0.15) is 34.3 Å². The first kappa shape index (κ1) is 26.5. The van der Waals surface area contributed by atoms with Crippen LogP contribution < -0.4 is 15.0 Å². The van der Waals surface area contributed by atoms with E-state index in [0.29, 0.717) is 35.5 Å². The third-order valence-electron chi connectivity index (χ3n) is 5.84. The van der Waals surface area contributed by atoms with Crippen LogP contribution in [0, 0.1) is 6.92 Å². The quantitative estimate of drug-likeness (QED) is 0.142. The van der Waals surface area contributed by atoms with Crippen molar-refractivity contribution in [3.05, 3.63) is 76.8 Å². The number of aryl methyl sites for hydroxylation is 2. The molecule has 9 nitrogen and oxygen atoms in total. The standard InChI is InChI=1S/C28H28N6O3S2/c1-4-36-26(35)24-22(15-10-16-37-19-11-6-5-7-12-19)39-28(30-24)34(3)23-17-18(2)25(33-32-23)31-27-29-20-13-8-9-14-21(20)38-27/h5-9,11-14,17H,4,10,15-16H2,1-3H3,(H,29,31,33). The number of fused-ring (bicyclic) bond motifs is 1. The second-order valence-corrected chi connectivity index (χ2v) is 10.8. The molecule has 3 heterocycles. The molecule has 0 amide bonds. The van der Waals surface area contributed by atoms with Crippen LogP contribution in [-0.2, 0) is 11.2 Å². The number of rotatable bonds is 11. The SMILES string of the molecule is CCOC(=O)c1nc(N(C)c2cc(C)c(Nc3nc4ccccc4s3)nn2)sc1CCCOc1ccccc1. The summed E-state index contributed by atoms with van der Waals surface area (Å²) in [5.74, 6) is 1.65. The lowest BCUT2D eigenvalue weighted by Crippen LogP contribution is -2.14. The third-order valence-corrected chi connectivity index (χ3v) is 7.98. The van der Waals surface area contributed by atoms with E-state index in [1.54, 1.807) is 18.3 Å². The summed E-state index contributed by atoms with van der Waals surface area (Å²) >= 11 is 3.01. The van der Waals surface area contributed by atoms with Gasteiger partial charge in [0.2, 0.25) is 0 Å². The molecule has 0 radical (unpaired) electrons. The van der Waals surface area contributed by atoms with Gasteiger partial charge in [0.05, 0.1) is 23.4 Å². The molecule has 0 saturated heterocycles. The first-order chi connectivity index (χ1) is 19.0. The fourth-order valence-electron chi connectivity index (χ4n) is 3.83. The van der Waals surface area contributed by atoms with Crippen LogP contribution >= 0.6 is 22.7 Å². The van der Waals surface area contributed by atoms with E-state index in [2.05, 4.69) is 25.5 Å². The molecule has 39 heavy (non-hydrogen) atoms. The van der Waals surface area contributed by atoms with Crippen molar-refractivity contribution in [2.45, 2.75) is 26.7 Å². The van der Waals surface area contributed by atoms with Gasteiger partial charge >= 0.3 is 5.97 Å². The number of aromatic nitrogens is 4. The predicted molar refractivity (Wildman–Crippen MR) is 156 cm³/mol. The third kappa shape index (κ3) is 6.32. The molecule has 0 aliphatic carbocycles. The van der Waals surface area contributed by atoms with Crippen molar-refractivity contribution in [3.8, 4) is 5.75 Å². The van der Waals surface area contributed by atoms with Crippen molar-refractivity contribution in [1.82, 2.24) is 20.2 Å². The van der Waals surface area contributed by atoms with Crippen LogP contribution in [0.3, 0.4) is 0 Å². The molecule has 3 aromatic heterocycles. The molecular formula is C28H28N6O3S2. The first-order valence-electron chi connectivity index (χ1n) is 12.6. The van der Waals surface area contributed by atoms with Crippen molar-refractivity contribution >= 4 is 60.8 Å². The summed E-state index contributed by atoms with van der Waals surface area (Å²) in [7, 11) is 1.86. The van der Waals surface area contributed by atoms with E-state index >= 15 is 0 Å². The topological polar surface area (TPSA) is 102 Å². The van der Waals surface area contributed by atoms with E-state index in [-0.39, 0.29) is 6.61 Å². The van der Waals surface area contributed by atoms with Gasteiger partial charge in [-0.1, -0.05) is 41.7 Å². The second-order valence-electron chi connectivity index (χ2n) is 8.66. The Morgan fingerprint density at radius 1 is 1.03 bits per heavy atom. The van der Waals surface area contributed by atoms with Crippen LogP contribution in [0.15, 0.2) is 60.7 Å². The average molecular weight is 561 g/mol. The van der Waals surface area contributed by atoms with Gasteiger partial charge in [0.15, 0.2) is 27.6 Å². The van der Waals surface area contributed by atoms with Crippen molar-refractivity contribution in [2.75, 3.05) is 30.5 Å². The second kappa shape index (κ2) is 12.2. The minimum Gasteiger partial charge on any atom is -0.494 e. The summed E-state index contributed by atoms with van der Waals surface area (Å²) in [5.41, 5.74) is 2.18. The smallest absolute Gasteiger partial charge is 0.358 e. The molecule has 0 spiro atoms. The highest BCUT2D eigenvalue weighted by Crippen LogP contribution is 2.33. The number of esters is 1. The molecule has 5 rings (SSSR count). The van der Waals surface area contributed by atoms with Crippen molar-refractivity contribution in [3.63, 3.8) is 0 Å². The fraction of sp³-hybridized carbons (Fsp3) is 0.250. The predicted octanol–water partition coefficient (Wildman–Crippen LogP) is 6.55. The Labute approximate surface area is 234 Å². The maximum absolute atomic E-state index is 12.7. The summed E-state index contributed by atoms with van der Waals surface area (Å²) in [6.45, 7) is 4.56. The van der Waals surface area contributed by atoms with Crippen LogP contribution in [0.2, 0.25) is 0 Å². The summed E-state index contributed by atoms with van der Waals surface area (Å²) in [4.78, 5) is 24.6. The molecule has 0 aliphatic rings. The molecule has 2 aromatic carbocycles. The van der Waals surface area contributed by atoms with Gasteiger partial charge in [-0.05, 0) is 62.6 Å². The van der Waals surface area contributed by atoms with E-state index < -0.39 is 5.97 Å². The Bertz CT molecular complexity index is 1540. The highest BCUT2D eigenvalue weighted by atomic mass is 32.1. The van der Waals surface area contributed by atoms with Gasteiger partial charge in [-0.15, -0.1) is 21.5 Å². The zero-order valence-corrected chi connectivity index (χ0v) is 23.5. The summed E-state index contributed by atoms with van der Waals surface area (Å²) in [6.07, 6.45) is 1.37. The first-order valence-corrected chi connectivity index (χ1v) is 14.2. The molecule has 0 bridgehead atoms. The van der Waals surface area contributed by atoms with Gasteiger partial charge in [-0.25, -0.2) is 14.8 Å². The summed E-state index contributed by atoms with van der Waals surface area (Å²) in [6, 6.07) is 19.6. The molecule has 200 valence electrons. The van der Waals surface area contributed by atoms with Gasteiger partial charge in [-0.3, -0.25) is 0 Å². The van der Waals surface area contributed by atoms with Gasteiger partial charge in [0.1, 0.15) is 5.75 Å². The monoisotopic (exact) mass is 560 g/mol. The molecular weight excluding hydrogens is 532 g/mol. The molecule has 5 aromatic rings. The summed E-state index contributed by atoms with van der Waals surface area (Å²) < 4.78 is 12.2. The number of nitrogens with zero attached hydrogens (tertiary/aromatic N) is 5. The number of hydrogen-bond acceptors (Lipinski definition) is 11. The van der Waals surface area contributed by atoms with E-state index in [9.17, 15) is 4.79 Å². The number of hydrogen-bond donors (Lipinski definition) is 1. The minimum atomic E-state index is -0.426. The molecule has 11 heteroatoms. The number of anilines is 4. The normalized spacial score (nSPS) is 10.9. The molecule has 0 atom stereocenters. The van der Waals surface area contributed by atoms with Crippen molar-refractivity contribution in [2.24, 2.45) is 0 Å². The Kier molecular flexibility index (Phi) is 8.28. The minimum absolute atomic E-state index is 0.284. The van der Waals surface area contributed by atoms with Crippen LogP contribution in [0.5, 0.6) is 5.75 Å². The maximum Gasteiger partial charge on any atom is 0.358 e. The Hall–Kier alpha value is -4.09. The van der Waals surface area contributed by atoms with Crippen LogP contribution in [-0.4, -0.2) is 46.4 Å². The lowest BCUT2D eigenvalue weighted by atomic mass is 10.2. The Morgan fingerprint density at radius 2 is 1.82 bits per heavy atom. The van der Waals surface area contributed by atoms with E-state index in [0.717, 1.165) is 38.0 Å². The van der Waals surface area contributed by atoms with E-state index in [1.165, 1.54) is 11.3 Å². The lowest BCUT2D eigenvalue weighted by Gasteiger charge is -2.15. The number of carbonyl (C=O) groups excluding carboxylic acids is 1. The summed E-state index contributed by atoms with van der Waals surface area (Å²) in [5, 5.41) is 13.5. The van der Waals surface area contributed by atoms with Crippen molar-refractivity contribution in [1.29, 1.82) is 0 Å². The van der Waals surface area contributed by atoms with Crippen molar-refractivity contribution < 1.29 is 14.3 Å². The van der Waals surface area contributed by atoms with Gasteiger partial charge < -0.3 is 19.7 Å². The molecule has 1 N–H and O–H groups in total. The fourth-order valence-corrected chi connectivity index (χ4v) is 5.76. The number of nitrogens with one attached hydrogen (secondary N) is 1. The van der Waals surface area contributed by atoms with Gasteiger partial charge in [0.25, 0.3) is 0 Å². The van der Waals surface area contributed by atoms with Gasteiger partial charge in [0, 0.05) is 11.9 Å². The largest absolute Gasteiger partial charge is 0.494 e. The van der Waals surface area contributed by atoms with Crippen LogP contribution in [0.4, 0.5) is 21.9 Å². The van der Waals surface area contributed by atoms with Crippen LogP contribution in [0.25, 0.3) is 10.2 Å². The highest BCUT2D eigenvalue weighted by Gasteiger charge is 2.22. The lowest BCUT2D eigenvalue weighted by molar-refractivity contribution is 0.0519. The van der Waals surface area contributed by atoms with Gasteiger partial charge in [-0.2, -0.15) is 0 Å².